The molecule has 3 rings (SSSR count). The molecule has 8 heteroatoms. The van der Waals surface area contributed by atoms with Gasteiger partial charge in [0.1, 0.15) is 11.6 Å². The molecular weight excluding hydrogens is 346 g/mol. The number of methoxy groups -OCH3 is 1. The number of aromatic nitrogens is 3. The summed E-state index contributed by atoms with van der Waals surface area (Å²) in [7, 11) is 1.58. The normalized spacial score (nSPS) is 15.8. The molecule has 8 nitrogen and oxygen atoms in total. The third kappa shape index (κ3) is 4.84. The van der Waals surface area contributed by atoms with E-state index in [0.717, 1.165) is 43.3 Å². The van der Waals surface area contributed by atoms with E-state index in [2.05, 4.69) is 25.0 Å². The van der Waals surface area contributed by atoms with Crippen molar-refractivity contribution in [2.45, 2.75) is 38.9 Å². The summed E-state index contributed by atoms with van der Waals surface area (Å²) < 4.78 is 7.05. The topological polar surface area (TPSA) is 92.5 Å². The molecule has 2 aromatic rings. The molecule has 0 bridgehead atoms. The average molecular weight is 373 g/mol. The molecule has 2 N–H and O–H groups in total. The average Bonchev–Trinajstić information content (AvgIpc) is 2.96. The van der Waals surface area contributed by atoms with Gasteiger partial charge >= 0.3 is 0 Å². The highest BCUT2D eigenvalue weighted by Crippen LogP contribution is 2.20. The molecule has 27 heavy (non-hydrogen) atoms. The molecule has 0 saturated heterocycles. The van der Waals surface area contributed by atoms with E-state index in [-0.39, 0.29) is 11.9 Å². The molecule has 1 atom stereocenters. The summed E-state index contributed by atoms with van der Waals surface area (Å²) in [6.07, 6.45) is 1.11. The molecule has 1 aromatic carbocycles. The monoisotopic (exact) mass is 373 g/mol. The van der Waals surface area contributed by atoms with Gasteiger partial charge in [0, 0.05) is 51.7 Å². The second-order valence-corrected chi connectivity index (χ2v) is 6.81. The summed E-state index contributed by atoms with van der Waals surface area (Å²) in [6.45, 7) is 5.45. The van der Waals surface area contributed by atoms with Crippen LogP contribution in [-0.4, -0.2) is 57.5 Å². The van der Waals surface area contributed by atoms with Gasteiger partial charge in [0.05, 0.1) is 12.6 Å². The number of carbonyl (C=O) groups excluding carboxylic acids is 1. The minimum Gasteiger partial charge on any atom is -0.508 e. The Kier molecular flexibility index (Phi) is 6.41. The third-order valence-electron chi connectivity index (χ3n) is 4.83. The van der Waals surface area contributed by atoms with Gasteiger partial charge in [-0.05, 0) is 13.0 Å². The maximum atomic E-state index is 12.0. The van der Waals surface area contributed by atoms with E-state index in [4.69, 9.17) is 4.74 Å². The van der Waals surface area contributed by atoms with Crippen LogP contribution in [0.4, 0.5) is 0 Å². The number of phenolic OH excluding ortho intramolecular Hbond substituents is 1. The van der Waals surface area contributed by atoms with E-state index in [1.807, 2.05) is 25.1 Å². The standard InChI is InChI=1S/C19H27N5O3/c1-14(20-18(26)8-12-27-2)19-22-21-17-7-9-23(10-11-24(17)19)13-15-5-3-4-6-16(15)25/h3-6,14,25H,7-13H2,1-2H3,(H,20,26). The van der Waals surface area contributed by atoms with E-state index in [1.54, 1.807) is 13.2 Å². The summed E-state index contributed by atoms with van der Waals surface area (Å²) >= 11 is 0. The number of phenols is 1. The van der Waals surface area contributed by atoms with Gasteiger partial charge in [-0.25, -0.2) is 0 Å². The van der Waals surface area contributed by atoms with Crippen LogP contribution in [-0.2, 0) is 29.0 Å². The molecule has 1 unspecified atom stereocenters. The predicted octanol–water partition coefficient (Wildman–Crippen LogP) is 1.26. The molecule has 0 aliphatic carbocycles. The zero-order valence-electron chi connectivity index (χ0n) is 15.9. The van der Waals surface area contributed by atoms with Crippen LogP contribution in [0.25, 0.3) is 0 Å². The van der Waals surface area contributed by atoms with Crippen LogP contribution in [0.15, 0.2) is 24.3 Å². The molecule has 1 amide bonds. The lowest BCUT2D eigenvalue weighted by molar-refractivity contribution is -0.122. The number of carbonyl (C=O) groups is 1. The largest absolute Gasteiger partial charge is 0.508 e. The number of para-hydroxylation sites is 1. The zero-order chi connectivity index (χ0) is 19.2. The number of aromatic hydroxyl groups is 1. The molecule has 1 aliphatic rings. The minimum absolute atomic E-state index is 0.0588. The Labute approximate surface area is 159 Å². The zero-order valence-corrected chi connectivity index (χ0v) is 15.9. The Hall–Kier alpha value is -2.45. The number of amides is 1. The van der Waals surface area contributed by atoms with Crippen molar-refractivity contribution in [3.63, 3.8) is 0 Å². The van der Waals surface area contributed by atoms with Crippen LogP contribution in [0, 0.1) is 0 Å². The maximum Gasteiger partial charge on any atom is 0.222 e. The maximum absolute atomic E-state index is 12.0. The summed E-state index contributed by atoms with van der Waals surface area (Å²) in [5.74, 6) is 1.98. The van der Waals surface area contributed by atoms with Crippen LogP contribution in [0.5, 0.6) is 5.75 Å². The van der Waals surface area contributed by atoms with E-state index in [9.17, 15) is 9.90 Å². The van der Waals surface area contributed by atoms with Crippen LogP contribution in [0.3, 0.4) is 0 Å². The first-order valence-electron chi connectivity index (χ1n) is 9.28. The Morgan fingerprint density at radius 1 is 1.30 bits per heavy atom. The highest BCUT2D eigenvalue weighted by Gasteiger charge is 2.23. The second-order valence-electron chi connectivity index (χ2n) is 6.81. The van der Waals surface area contributed by atoms with Gasteiger partial charge in [0.15, 0.2) is 5.82 Å². The third-order valence-corrected chi connectivity index (χ3v) is 4.83. The number of rotatable bonds is 7. The van der Waals surface area contributed by atoms with Crippen molar-refractivity contribution in [2.75, 3.05) is 26.8 Å². The van der Waals surface area contributed by atoms with Crippen molar-refractivity contribution in [3.05, 3.63) is 41.5 Å². The Morgan fingerprint density at radius 3 is 2.89 bits per heavy atom. The van der Waals surface area contributed by atoms with E-state index >= 15 is 0 Å². The van der Waals surface area contributed by atoms with E-state index in [0.29, 0.717) is 25.3 Å². The first-order chi connectivity index (χ1) is 13.1. The van der Waals surface area contributed by atoms with Gasteiger partial charge in [-0.3, -0.25) is 9.69 Å². The summed E-state index contributed by atoms with van der Waals surface area (Å²) in [6, 6.07) is 7.23. The Morgan fingerprint density at radius 2 is 2.11 bits per heavy atom. The van der Waals surface area contributed by atoms with E-state index in [1.165, 1.54) is 0 Å². The molecular formula is C19H27N5O3. The number of benzene rings is 1. The summed E-state index contributed by atoms with van der Waals surface area (Å²) in [4.78, 5) is 14.3. The van der Waals surface area contributed by atoms with Crippen LogP contribution >= 0.6 is 0 Å². The lowest BCUT2D eigenvalue weighted by atomic mass is 10.2. The fourth-order valence-corrected chi connectivity index (χ4v) is 3.33. The van der Waals surface area contributed by atoms with Crippen molar-refractivity contribution in [2.24, 2.45) is 0 Å². The molecule has 1 aromatic heterocycles. The smallest absolute Gasteiger partial charge is 0.222 e. The van der Waals surface area contributed by atoms with Gasteiger partial charge in [0.2, 0.25) is 5.91 Å². The highest BCUT2D eigenvalue weighted by atomic mass is 16.5. The quantitative estimate of drug-likeness (QED) is 0.759. The fraction of sp³-hybridized carbons (Fsp3) is 0.526. The van der Waals surface area contributed by atoms with Gasteiger partial charge in [-0.1, -0.05) is 18.2 Å². The molecule has 1 aliphatic heterocycles. The fourth-order valence-electron chi connectivity index (χ4n) is 3.33. The van der Waals surface area contributed by atoms with Crippen LogP contribution < -0.4 is 5.32 Å². The molecule has 2 heterocycles. The number of ether oxygens (including phenoxy) is 1. The van der Waals surface area contributed by atoms with Crippen molar-refractivity contribution >= 4 is 5.91 Å². The lowest BCUT2D eigenvalue weighted by Crippen LogP contribution is -2.30. The highest BCUT2D eigenvalue weighted by molar-refractivity contribution is 5.76. The number of hydrogen-bond acceptors (Lipinski definition) is 6. The number of nitrogens with one attached hydrogen (secondary N) is 1. The van der Waals surface area contributed by atoms with Crippen molar-refractivity contribution in [1.29, 1.82) is 0 Å². The van der Waals surface area contributed by atoms with Crippen molar-refractivity contribution < 1.29 is 14.6 Å². The first kappa shape index (κ1) is 19.3. The van der Waals surface area contributed by atoms with Gasteiger partial charge in [-0.2, -0.15) is 0 Å². The van der Waals surface area contributed by atoms with Crippen LogP contribution in [0.1, 0.15) is 36.6 Å². The summed E-state index contributed by atoms with van der Waals surface area (Å²) in [5, 5.41) is 21.6. The molecule has 146 valence electrons. The lowest BCUT2D eigenvalue weighted by Gasteiger charge is -2.20. The Bertz CT molecular complexity index is 776. The summed E-state index contributed by atoms with van der Waals surface area (Å²) in [5.41, 5.74) is 0.925. The molecule has 0 fully saturated rings. The molecule has 0 spiro atoms. The second kappa shape index (κ2) is 8.96. The number of fused-ring (bicyclic) bond motifs is 1. The minimum atomic E-state index is -0.208. The van der Waals surface area contributed by atoms with Gasteiger partial charge in [0.25, 0.3) is 0 Å². The van der Waals surface area contributed by atoms with Gasteiger partial charge < -0.3 is 19.7 Å². The molecule has 0 saturated carbocycles. The SMILES string of the molecule is COCCC(=O)NC(C)c1nnc2n1CCN(Cc1ccccc1O)CC2. The number of nitrogens with zero attached hydrogens (tertiary/aromatic N) is 4. The predicted molar refractivity (Wildman–Crippen MR) is 100 cm³/mol. The molecule has 0 radical (unpaired) electrons. The van der Waals surface area contributed by atoms with Crippen molar-refractivity contribution in [1.82, 2.24) is 25.0 Å². The van der Waals surface area contributed by atoms with E-state index < -0.39 is 0 Å². The van der Waals surface area contributed by atoms with Crippen LogP contribution in [0.2, 0.25) is 0 Å². The number of hydrogen-bond donors (Lipinski definition) is 2. The van der Waals surface area contributed by atoms with Crippen molar-refractivity contribution in [3.8, 4) is 5.75 Å². The first-order valence-corrected chi connectivity index (χ1v) is 9.28. The Balaban J connectivity index is 1.63. The van der Waals surface area contributed by atoms with Gasteiger partial charge in [-0.15, -0.1) is 10.2 Å².